The normalized spacial score (nSPS) is 11.2. The molecule has 0 aliphatic carbocycles. The third-order valence-corrected chi connectivity index (χ3v) is 3.01. The molecule has 0 aliphatic rings. The Morgan fingerprint density at radius 1 is 1.44 bits per heavy atom. The Morgan fingerprint density at radius 3 is 2.38 bits per heavy atom. The van der Waals surface area contributed by atoms with Crippen LogP contribution in [0, 0.1) is 5.82 Å². The van der Waals surface area contributed by atoms with Crippen LogP contribution in [0.5, 0.6) is 5.75 Å². The second-order valence-corrected chi connectivity index (χ2v) is 5.02. The zero-order valence-electron chi connectivity index (χ0n) is 8.52. The first kappa shape index (κ1) is 12.4. The monoisotopic (exact) mass is 248 g/mol. The maximum absolute atomic E-state index is 13.6. The standard InChI is InChI=1S/C9H9FO5S/c1-15-8-5(9(11)12)3-4-6(7(8)10)16(2,13)14/h3-4H,1-2H3,(H,11,12). The molecule has 0 spiro atoms. The highest BCUT2D eigenvalue weighted by Gasteiger charge is 2.23. The van der Waals surface area contributed by atoms with Gasteiger partial charge in [0.1, 0.15) is 10.5 Å². The summed E-state index contributed by atoms with van der Waals surface area (Å²) >= 11 is 0. The zero-order chi connectivity index (χ0) is 12.5. The van der Waals surface area contributed by atoms with Crippen molar-refractivity contribution in [3.05, 3.63) is 23.5 Å². The van der Waals surface area contributed by atoms with E-state index in [0.717, 1.165) is 25.5 Å². The molecule has 1 aromatic carbocycles. The maximum atomic E-state index is 13.6. The molecule has 0 heterocycles. The molecule has 0 saturated heterocycles. The van der Waals surface area contributed by atoms with Gasteiger partial charge in [0.15, 0.2) is 21.4 Å². The first-order valence-corrected chi connectivity index (χ1v) is 5.98. The van der Waals surface area contributed by atoms with Crippen LogP contribution in [0.2, 0.25) is 0 Å². The third kappa shape index (κ3) is 2.13. The van der Waals surface area contributed by atoms with E-state index in [0.29, 0.717) is 0 Å². The molecule has 0 fully saturated rings. The number of halogens is 1. The average molecular weight is 248 g/mol. The summed E-state index contributed by atoms with van der Waals surface area (Å²) in [6.45, 7) is 0. The number of benzene rings is 1. The van der Waals surface area contributed by atoms with Gasteiger partial charge < -0.3 is 9.84 Å². The molecule has 0 bridgehead atoms. The van der Waals surface area contributed by atoms with E-state index in [1.165, 1.54) is 0 Å². The smallest absolute Gasteiger partial charge is 0.339 e. The van der Waals surface area contributed by atoms with Crippen molar-refractivity contribution in [2.45, 2.75) is 4.90 Å². The van der Waals surface area contributed by atoms with E-state index >= 15 is 0 Å². The van der Waals surface area contributed by atoms with Crippen LogP contribution in [0.15, 0.2) is 17.0 Å². The lowest BCUT2D eigenvalue weighted by molar-refractivity contribution is 0.0692. The Kier molecular flexibility index (Phi) is 3.18. The predicted octanol–water partition coefficient (Wildman–Crippen LogP) is 0.936. The number of rotatable bonds is 3. The van der Waals surface area contributed by atoms with Crippen molar-refractivity contribution in [1.82, 2.24) is 0 Å². The van der Waals surface area contributed by atoms with E-state index in [1.54, 1.807) is 0 Å². The lowest BCUT2D eigenvalue weighted by Gasteiger charge is -2.08. The summed E-state index contributed by atoms with van der Waals surface area (Å²) in [6.07, 6.45) is 0.825. The molecule has 1 aromatic rings. The molecule has 0 atom stereocenters. The van der Waals surface area contributed by atoms with Gasteiger partial charge in [-0.25, -0.2) is 17.6 Å². The van der Waals surface area contributed by atoms with Gasteiger partial charge in [0.25, 0.3) is 0 Å². The SMILES string of the molecule is COc1c(C(=O)O)ccc(S(C)(=O)=O)c1F. The van der Waals surface area contributed by atoms with Gasteiger partial charge >= 0.3 is 5.97 Å². The summed E-state index contributed by atoms with van der Waals surface area (Å²) < 4.78 is 40.5. The molecule has 1 rings (SSSR count). The van der Waals surface area contributed by atoms with Crippen molar-refractivity contribution in [3.63, 3.8) is 0 Å². The highest BCUT2D eigenvalue weighted by atomic mass is 32.2. The Morgan fingerprint density at radius 2 is 2.00 bits per heavy atom. The number of hydrogen-bond donors (Lipinski definition) is 1. The fourth-order valence-corrected chi connectivity index (χ4v) is 1.93. The van der Waals surface area contributed by atoms with Gasteiger partial charge in [-0.1, -0.05) is 0 Å². The zero-order valence-corrected chi connectivity index (χ0v) is 9.34. The summed E-state index contributed by atoms with van der Waals surface area (Å²) in [5, 5.41) is 8.72. The first-order valence-electron chi connectivity index (χ1n) is 4.09. The van der Waals surface area contributed by atoms with Crippen molar-refractivity contribution in [3.8, 4) is 5.75 Å². The molecule has 7 heteroatoms. The van der Waals surface area contributed by atoms with Crippen LogP contribution in [-0.4, -0.2) is 32.9 Å². The molecule has 5 nitrogen and oxygen atoms in total. The predicted molar refractivity (Wildman–Crippen MR) is 53.0 cm³/mol. The summed E-state index contributed by atoms with van der Waals surface area (Å²) in [7, 11) is -2.69. The molecule has 0 aromatic heterocycles. The summed E-state index contributed by atoms with van der Waals surface area (Å²) in [6, 6.07) is 1.89. The van der Waals surface area contributed by atoms with Gasteiger partial charge in [0.05, 0.1) is 7.11 Å². The molecule has 88 valence electrons. The number of methoxy groups -OCH3 is 1. The molecule has 0 radical (unpaired) electrons. The van der Waals surface area contributed by atoms with E-state index in [9.17, 15) is 17.6 Å². The van der Waals surface area contributed by atoms with Crippen molar-refractivity contribution >= 4 is 15.8 Å². The van der Waals surface area contributed by atoms with Crippen LogP contribution in [0.25, 0.3) is 0 Å². The average Bonchev–Trinajstić information content (AvgIpc) is 2.14. The van der Waals surface area contributed by atoms with Gasteiger partial charge in [-0.2, -0.15) is 0 Å². The number of sulfone groups is 1. The van der Waals surface area contributed by atoms with Crippen LogP contribution in [-0.2, 0) is 9.84 Å². The summed E-state index contributed by atoms with van der Waals surface area (Å²) in [5.74, 6) is -3.17. The van der Waals surface area contributed by atoms with Crippen LogP contribution < -0.4 is 4.74 Å². The minimum absolute atomic E-state index is 0.424. The molecule has 0 saturated carbocycles. The van der Waals surface area contributed by atoms with Gasteiger partial charge in [0, 0.05) is 6.26 Å². The highest BCUT2D eigenvalue weighted by molar-refractivity contribution is 7.90. The van der Waals surface area contributed by atoms with Crippen molar-refractivity contribution in [2.24, 2.45) is 0 Å². The van der Waals surface area contributed by atoms with Crippen molar-refractivity contribution in [2.75, 3.05) is 13.4 Å². The second-order valence-electron chi connectivity index (χ2n) is 3.04. The highest BCUT2D eigenvalue weighted by Crippen LogP contribution is 2.28. The molecule has 1 N–H and O–H groups in total. The minimum Gasteiger partial charge on any atom is -0.493 e. The van der Waals surface area contributed by atoms with E-state index in [1.807, 2.05) is 0 Å². The van der Waals surface area contributed by atoms with E-state index in [4.69, 9.17) is 5.11 Å². The van der Waals surface area contributed by atoms with Crippen molar-refractivity contribution < 1.29 is 27.4 Å². The van der Waals surface area contributed by atoms with E-state index in [2.05, 4.69) is 4.74 Å². The lowest BCUT2D eigenvalue weighted by Crippen LogP contribution is -2.07. The first-order chi connectivity index (χ1) is 7.29. The Bertz CT molecular complexity index is 535. The fourth-order valence-electron chi connectivity index (χ4n) is 1.19. The van der Waals surface area contributed by atoms with Gasteiger partial charge in [0.2, 0.25) is 0 Å². The van der Waals surface area contributed by atoms with Crippen LogP contribution in [0.1, 0.15) is 10.4 Å². The topological polar surface area (TPSA) is 80.7 Å². The molecule has 0 amide bonds. The van der Waals surface area contributed by atoms with Crippen LogP contribution in [0.4, 0.5) is 4.39 Å². The van der Waals surface area contributed by atoms with Gasteiger partial charge in [-0.15, -0.1) is 0 Å². The number of hydrogen-bond acceptors (Lipinski definition) is 4. The minimum atomic E-state index is -3.76. The second kappa shape index (κ2) is 4.09. The summed E-state index contributed by atoms with van der Waals surface area (Å²) in [4.78, 5) is 10.1. The largest absolute Gasteiger partial charge is 0.493 e. The number of carbonyl (C=O) groups is 1. The number of carboxylic acid groups (broad SMARTS) is 1. The fraction of sp³-hybridized carbons (Fsp3) is 0.222. The van der Waals surface area contributed by atoms with Crippen molar-refractivity contribution in [1.29, 1.82) is 0 Å². The molecular formula is C9H9FO5S. The molecule has 16 heavy (non-hydrogen) atoms. The molecule has 0 aliphatic heterocycles. The maximum Gasteiger partial charge on any atom is 0.339 e. The van der Waals surface area contributed by atoms with E-state index in [-0.39, 0.29) is 0 Å². The van der Waals surface area contributed by atoms with E-state index < -0.39 is 37.8 Å². The Balaban J connectivity index is 3.59. The van der Waals surface area contributed by atoms with Crippen LogP contribution in [0.3, 0.4) is 0 Å². The number of carboxylic acids is 1. The summed E-state index contributed by atoms with van der Waals surface area (Å²) in [5.41, 5.74) is -0.424. The van der Waals surface area contributed by atoms with Gasteiger partial charge in [-0.3, -0.25) is 0 Å². The molecular weight excluding hydrogens is 239 g/mol. The Labute approximate surface area is 91.4 Å². The van der Waals surface area contributed by atoms with Gasteiger partial charge in [-0.05, 0) is 12.1 Å². The number of ether oxygens (including phenoxy) is 1. The lowest BCUT2D eigenvalue weighted by atomic mass is 10.2. The quantitative estimate of drug-likeness (QED) is 0.860. The Hall–Kier alpha value is -1.63. The van der Waals surface area contributed by atoms with Crippen LogP contribution >= 0.6 is 0 Å². The third-order valence-electron chi connectivity index (χ3n) is 1.90. The number of aromatic carboxylic acids is 1. The molecule has 0 unspecified atom stereocenters.